The van der Waals surface area contributed by atoms with E-state index in [1.807, 2.05) is 4.72 Å². The summed E-state index contributed by atoms with van der Waals surface area (Å²) >= 11 is 0. The number of carbonyl (C=O) groups is 1. The predicted octanol–water partition coefficient (Wildman–Crippen LogP) is 3.98. The van der Waals surface area contributed by atoms with Gasteiger partial charge in [0, 0.05) is 38.1 Å². The topological polar surface area (TPSA) is 66.5 Å². The van der Waals surface area contributed by atoms with Crippen molar-refractivity contribution < 1.29 is 35.2 Å². The second-order valence-corrected chi connectivity index (χ2v) is 10.7. The Morgan fingerprint density at radius 3 is 2.29 bits per heavy atom. The van der Waals surface area contributed by atoms with Crippen molar-refractivity contribution in [3.8, 4) is 11.1 Å². The number of rotatable bonds is 7. The molecule has 11 heteroatoms. The summed E-state index contributed by atoms with van der Waals surface area (Å²) in [5.41, 5.74) is -0.318. The Morgan fingerprint density at radius 1 is 1.12 bits per heavy atom. The van der Waals surface area contributed by atoms with Gasteiger partial charge in [-0.3, -0.25) is 4.79 Å². The highest BCUT2D eigenvalue weighted by Gasteiger charge is 2.58. The number of nitrogens with one attached hydrogen (secondary N) is 1. The van der Waals surface area contributed by atoms with Crippen LogP contribution in [0.3, 0.4) is 0 Å². The van der Waals surface area contributed by atoms with E-state index in [2.05, 4.69) is 0 Å². The first kappa shape index (κ1) is 26.1. The van der Waals surface area contributed by atoms with E-state index in [1.165, 1.54) is 39.2 Å². The molecule has 2 aromatic rings. The van der Waals surface area contributed by atoms with Crippen molar-refractivity contribution in [2.24, 2.45) is 11.8 Å². The van der Waals surface area contributed by atoms with Gasteiger partial charge in [0.05, 0.1) is 11.8 Å². The summed E-state index contributed by atoms with van der Waals surface area (Å²) in [5, 5.41) is 0. The maximum absolute atomic E-state index is 15.4. The fraction of sp³-hybridized carbons (Fsp3) is 0.435. The van der Waals surface area contributed by atoms with Gasteiger partial charge < -0.3 is 4.90 Å². The zero-order valence-electron chi connectivity index (χ0n) is 18.8. The number of nitrogens with zero attached hydrogens (tertiary/aromatic N) is 1. The first-order valence-corrected chi connectivity index (χ1v) is 12.2. The van der Waals surface area contributed by atoms with Crippen LogP contribution >= 0.6 is 0 Å². The molecule has 5 nitrogen and oxygen atoms in total. The van der Waals surface area contributed by atoms with Crippen LogP contribution in [0.4, 0.5) is 22.0 Å². The molecule has 34 heavy (non-hydrogen) atoms. The molecule has 0 saturated heterocycles. The highest BCUT2D eigenvalue weighted by atomic mass is 32.2. The molecular weight excluding hydrogens is 479 g/mol. The Balaban J connectivity index is 2.06. The van der Waals surface area contributed by atoms with Gasteiger partial charge in [-0.2, -0.15) is 0 Å². The van der Waals surface area contributed by atoms with Crippen molar-refractivity contribution >= 4 is 15.9 Å². The number of hydrogen-bond donors (Lipinski definition) is 1. The van der Waals surface area contributed by atoms with Crippen LogP contribution in [0, 0.1) is 29.3 Å². The Morgan fingerprint density at radius 2 is 1.74 bits per heavy atom. The van der Waals surface area contributed by atoms with Crippen molar-refractivity contribution in [1.29, 1.82) is 0 Å². The number of amides is 1. The molecular formula is C23H25F5N2O3S. The summed E-state index contributed by atoms with van der Waals surface area (Å²) in [5.74, 6) is -9.90. The smallest absolute Gasteiger partial charge is 0.265 e. The van der Waals surface area contributed by atoms with E-state index in [4.69, 9.17) is 0 Å². The van der Waals surface area contributed by atoms with Crippen LogP contribution in [0.15, 0.2) is 36.4 Å². The van der Waals surface area contributed by atoms with E-state index in [-0.39, 0.29) is 16.7 Å². The fourth-order valence-electron chi connectivity index (χ4n) is 4.35. The van der Waals surface area contributed by atoms with Crippen molar-refractivity contribution in [1.82, 2.24) is 9.62 Å². The number of hydrogen-bond acceptors (Lipinski definition) is 3. The molecule has 0 heterocycles. The fourth-order valence-corrected chi connectivity index (χ4v) is 5.25. The van der Waals surface area contributed by atoms with Gasteiger partial charge in [-0.1, -0.05) is 18.2 Å². The summed E-state index contributed by atoms with van der Waals surface area (Å²) in [7, 11) is -1.29. The lowest BCUT2D eigenvalue weighted by Gasteiger charge is -2.28. The van der Waals surface area contributed by atoms with Crippen molar-refractivity contribution in [3.63, 3.8) is 0 Å². The predicted molar refractivity (Wildman–Crippen MR) is 117 cm³/mol. The van der Waals surface area contributed by atoms with Crippen molar-refractivity contribution in [2.45, 2.75) is 31.7 Å². The number of sulfonamides is 1. The number of benzene rings is 2. The van der Waals surface area contributed by atoms with Gasteiger partial charge in [-0.15, -0.1) is 0 Å². The molecule has 3 atom stereocenters. The minimum absolute atomic E-state index is 0.0814. The molecule has 3 rings (SSSR count). The van der Waals surface area contributed by atoms with Gasteiger partial charge in [0.25, 0.3) is 5.92 Å². The second kappa shape index (κ2) is 9.61. The van der Waals surface area contributed by atoms with Gasteiger partial charge in [0.15, 0.2) is 0 Å². The molecule has 0 spiro atoms. The maximum Gasteiger partial charge on any atom is 0.265 e. The van der Waals surface area contributed by atoms with E-state index in [9.17, 15) is 30.8 Å². The average Bonchev–Trinajstić information content (AvgIpc) is 2.97. The number of alkyl halides is 2. The lowest BCUT2D eigenvalue weighted by atomic mass is 9.85. The largest absolute Gasteiger partial charge is 0.349 e. The van der Waals surface area contributed by atoms with E-state index in [0.717, 1.165) is 17.0 Å². The molecule has 1 amide bonds. The van der Waals surface area contributed by atoms with Crippen LogP contribution in [0.2, 0.25) is 0 Å². The summed E-state index contributed by atoms with van der Waals surface area (Å²) in [6, 6.07) is 4.58. The summed E-state index contributed by atoms with van der Waals surface area (Å²) in [6.07, 6.45) is -1.30. The molecule has 1 fully saturated rings. The van der Waals surface area contributed by atoms with Gasteiger partial charge in [0.2, 0.25) is 15.9 Å². The summed E-state index contributed by atoms with van der Waals surface area (Å²) < 4.78 is 98.9. The Labute approximate surface area is 195 Å². The SMILES string of the molecule is CCS(=O)(=O)N[C@@H]1[C@H](Cc2cccc(-c3cc(F)cc(F)c3)c2F)C(C(=O)N(C)C)CC1(F)F. The first-order chi connectivity index (χ1) is 15.8. The third-order valence-corrected chi connectivity index (χ3v) is 7.42. The van der Waals surface area contributed by atoms with Crippen molar-refractivity contribution in [3.05, 3.63) is 59.4 Å². The zero-order valence-corrected chi connectivity index (χ0v) is 19.6. The minimum atomic E-state index is -4.07. The monoisotopic (exact) mass is 504 g/mol. The Hall–Kier alpha value is -2.53. The lowest BCUT2D eigenvalue weighted by Crippen LogP contribution is -2.49. The van der Waals surface area contributed by atoms with Gasteiger partial charge in [-0.25, -0.2) is 35.1 Å². The number of halogens is 5. The van der Waals surface area contributed by atoms with E-state index < -0.39 is 75.8 Å². The van der Waals surface area contributed by atoms with Crippen LogP contribution in [0.5, 0.6) is 0 Å². The molecule has 2 aromatic carbocycles. The van der Waals surface area contributed by atoms with E-state index >= 15 is 4.39 Å². The molecule has 186 valence electrons. The summed E-state index contributed by atoms with van der Waals surface area (Å²) in [6.45, 7) is 1.29. The molecule has 0 aromatic heterocycles. The number of carbonyl (C=O) groups excluding carboxylic acids is 1. The molecule has 0 bridgehead atoms. The first-order valence-electron chi connectivity index (χ1n) is 10.6. The molecule has 1 saturated carbocycles. The molecule has 0 aliphatic heterocycles. The normalized spacial score (nSPS) is 22.1. The second-order valence-electron chi connectivity index (χ2n) is 8.61. The van der Waals surface area contributed by atoms with E-state index in [0.29, 0.717) is 6.07 Å². The standard InChI is InChI=1S/C23H25F5N2O3S/c1-4-34(32,33)29-21-18(19(12-23(21,27)28)22(31)30(2)3)10-13-6-5-7-17(20(13)26)14-8-15(24)11-16(25)9-14/h5-9,11,18-19,21,29H,4,10,12H2,1-3H3/t18-,19?,21-/m1/s1. The molecule has 1 unspecified atom stereocenters. The van der Waals surface area contributed by atoms with Crippen LogP contribution < -0.4 is 4.72 Å². The van der Waals surface area contributed by atoms with E-state index in [1.54, 1.807) is 0 Å². The molecule has 0 radical (unpaired) electrons. The third kappa shape index (κ3) is 5.41. The van der Waals surface area contributed by atoms with Gasteiger partial charge >= 0.3 is 0 Å². The Bertz CT molecular complexity index is 1170. The highest BCUT2D eigenvalue weighted by molar-refractivity contribution is 7.89. The van der Waals surface area contributed by atoms with Crippen LogP contribution in [0.1, 0.15) is 18.9 Å². The van der Waals surface area contributed by atoms with Crippen LogP contribution in [-0.2, 0) is 21.2 Å². The van der Waals surface area contributed by atoms with Gasteiger partial charge in [-0.05, 0) is 42.5 Å². The minimum Gasteiger partial charge on any atom is -0.349 e. The third-order valence-electron chi connectivity index (χ3n) is 6.04. The van der Waals surface area contributed by atoms with Crippen LogP contribution in [-0.4, -0.2) is 51.0 Å². The molecule has 1 aliphatic carbocycles. The zero-order chi connectivity index (χ0) is 25.4. The molecule has 1 aliphatic rings. The van der Waals surface area contributed by atoms with Crippen molar-refractivity contribution in [2.75, 3.05) is 19.8 Å². The van der Waals surface area contributed by atoms with Crippen LogP contribution in [0.25, 0.3) is 11.1 Å². The highest BCUT2D eigenvalue weighted by Crippen LogP contribution is 2.46. The molecule has 1 N–H and O–H groups in total. The summed E-state index contributed by atoms with van der Waals surface area (Å²) in [4.78, 5) is 13.8. The quantitative estimate of drug-likeness (QED) is 0.581. The maximum atomic E-state index is 15.4. The Kier molecular flexibility index (Phi) is 7.37. The van der Waals surface area contributed by atoms with Gasteiger partial charge in [0.1, 0.15) is 17.5 Å². The lowest BCUT2D eigenvalue weighted by molar-refractivity contribution is -0.134. The average molecular weight is 505 g/mol.